The third-order valence-electron chi connectivity index (χ3n) is 16.4. The van der Waals surface area contributed by atoms with E-state index in [0.717, 1.165) is 70.0 Å². The molecule has 3 fully saturated rings. The Morgan fingerprint density at radius 2 is 0.960 bits per heavy atom. The van der Waals surface area contributed by atoms with E-state index in [4.69, 9.17) is 80.5 Å². The molecule has 16 atom stereocenters. The first-order valence-corrected chi connectivity index (χ1v) is 37.0. The van der Waals surface area contributed by atoms with E-state index in [1.54, 1.807) is 0 Å². The van der Waals surface area contributed by atoms with Gasteiger partial charge in [-0.25, -0.2) is 4.79 Å². The zero-order chi connectivity index (χ0) is 71.8. The average Bonchev–Trinajstić information content (AvgIpc) is 0.762. The van der Waals surface area contributed by atoms with Crippen molar-refractivity contribution in [3.8, 4) is 0 Å². The number of nitrogens with one attached hydrogen (secondary N) is 1. The summed E-state index contributed by atoms with van der Waals surface area (Å²) in [5.74, 6) is -9.25. The van der Waals surface area contributed by atoms with Gasteiger partial charge in [-0.2, -0.15) is 0 Å². The smallest absolute Gasteiger partial charge is 0.366 e. The lowest BCUT2D eigenvalue weighted by Gasteiger charge is -2.51. The summed E-state index contributed by atoms with van der Waals surface area (Å²) in [7, 11) is -0.695. The third-order valence-corrected chi connectivity index (χ3v) is 18.1. The molecular formula is C74H93NO24Si. The molecule has 0 aliphatic carbocycles. The molecule has 5 aromatic carbocycles. The summed E-state index contributed by atoms with van der Waals surface area (Å²) in [4.78, 5) is 93.7. The topological polar surface area (TPSA) is 288 Å². The summed E-state index contributed by atoms with van der Waals surface area (Å²) in [5.41, 5.74) is 3.95. The van der Waals surface area contributed by atoms with Crippen LogP contribution in [0.15, 0.2) is 152 Å². The van der Waals surface area contributed by atoms with Crippen molar-refractivity contribution in [2.24, 2.45) is 0 Å². The Labute approximate surface area is 584 Å². The lowest BCUT2D eigenvalue weighted by Crippen LogP contribution is -2.70. The predicted octanol–water partition coefficient (Wildman–Crippen LogP) is 8.20. The van der Waals surface area contributed by atoms with E-state index in [1.807, 2.05) is 152 Å². The lowest BCUT2D eigenvalue weighted by atomic mass is 9.87. The Balaban J connectivity index is 1.30. The fourth-order valence-electron chi connectivity index (χ4n) is 11.8. The molecule has 26 heteroatoms. The summed E-state index contributed by atoms with van der Waals surface area (Å²) < 4.78 is 111. The van der Waals surface area contributed by atoms with Crippen molar-refractivity contribution >= 4 is 49.8 Å². The second kappa shape index (κ2) is 38.3. The van der Waals surface area contributed by atoms with Crippen molar-refractivity contribution in [2.75, 3.05) is 33.5 Å². The second-order valence-corrected chi connectivity index (χ2v) is 31.3. The minimum atomic E-state index is -2.78. The summed E-state index contributed by atoms with van der Waals surface area (Å²) in [6.07, 6.45) is -20.8. The van der Waals surface area contributed by atoms with Gasteiger partial charge in [0.2, 0.25) is 5.91 Å². The largest absolute Gasteiger partial charge is 0.465 e. The minimum Gasteiger partial charge on any atom is -0.465 e. The molecule has 542 valence electrons. The van der Waals surface area contributed by atoms with Crippen LogP contribution in [-0.4, -0.2) is 181 Å². The molecule has 8 rings (SSSR count). The van der Waals surface area contributed by atoms with Gasteiger partial charge in [0, 0.05) is 56.2 Å². The molecule has 5 aromatic rings. The lowest BCUT2D eigenvalue weighted by molar-refractivity contribution is -0.380. The van der Waals surface area contributed by atoms with Gasteiger partial charge in [-0.15, -0.1) is 0 Å². The van der Waals surface area contributed by atoms with Gasteiger partial charge in [-0.1, -0.05) is 171 Å². The molecule has 0 unspecified atom stereocenters. The van der Waals surface area contributed by atoms with Crippen molar-refractivity contribution in [3.63, 3.8) is 0 Å². The SMILES string of the molecule is COC(=O)[C@@]1(OC[C@H]2O[C@@H](O[C@H]3[C@H](OCc4ccccc4)[C@@H](OCc4ccccc4)[C@H](OCC[Si](C)(C)C)O[C@@H]3COCc3ccccc3)[C@H](OCc3ccccc3)[C@@H](OCc3ccccc3)[C@H]2OC(C)=O)C[C@H](OC(C)=O)[C@@H](NC(C)=O)[C@H]([C@H](OC(C)=O)[C@@H](COC(C)=O)OC(C)=O)O1. The number of methoxy groups -OCH3 is 1. The fourth-order valence-corrected chi connectivity index (χ4v) is 12.6. The van der Waals surface area contributed by atoms with Crippen LogP contribution in [0.25, 0.3) is 0 Å². The van der Waals surface area contributed by atoms with E-state index >= 15 is 0 Å². The monoisotopic (exact) mass is 1410 g/mol. The van der Waals surface area contributed by atoms with Crippen LogP contribution in [0, 0.1) is 0 Å². The zero-order valence-electron chi connectivity index (χ0n) is 58.2. The van der Waals surface area contributed by atoms with Gasteiger partial charge in [0.1, 0.15) is 61.5 Å². The van der Waals surface area contributed by atoms with E-state index in [0.29, 0.717) is 12.2 Å². The number of carbonyl (C=O) groups excluding carboxylic acids is 7. The Kier molecular flexibility index (Phi) is 29.8. The Hall–Kier alpha value is -7.83. The summed E-state index contributed by atoms with van der Waals surface area (Å²) in [6.45, 7) is 12.0. The number of carbonyl (C=O) groups is 7. The first-order valence-electron chi connectivity index (χ1n) is 33.3. The number of amides is 1. The fraction of sp³-hybridized carbons (Fsp3) is 0.500. The number of hydrogen-bond donors (Lipinski definition) is 1. The Morgan fingerprint density at radius 1 is 0.510 bits per heavy atom. The highest BCUT2D eigenvalue weighted by atomic mass is 28.3. The number of esters is 6. The van der Waals surface area contributed by atoms with Crippen LogP contribution in [0.2, 0.25) is 25.7 Å². The number of ether oxygens (including phenoxy) is 17. The molecule has 3 aliphatic heterocycles. The molecule has 25 nitrogen and oxygen atoms in total. The highest BCUT2D eigenvalue weighted by Gasteiger charge is 2.61. The third kappa shape index (κ3) is 23.6. The van der Waals surface area contributed by atoms with Gasteiger partial charge in [-0.3, -0.25) is 28.8 Å². The van der Waals surface area contributed by atoms with E-state index in [2.05, 4.69) is 25.0 Å². The standard InChI is InChI=1S/C74H93NO24Si/c1-47(76)75-62-58(92-49(3)78)38-74(73(82)83-7,99-66(62)63(94-51(5)80)60(93-50(4)79)45-86-48(2)77)91-46-61-64(95-52(6)81)67(87-40-54-28-18-12-19-29-54)70(90-43-57-34-24-15-25-35-57)72(97-61)98-65-59(44-84-39-53-26-16-11-17-27-53)96-71(85-36-37-100(8,9)10)69(89-42-56-32-22-14-23-33-56)68(65)88-41-55-30-20-13-21-31-55/h11-35,58-72H,36-46H2,1-10H3,(H,75,76)/t58-,59+,60+,61+,62+,63+,64-,65+,66+,67-,68-,69+,70+,71+,72-,74+/m0/s1. The van der Waals surface area contributed by atoms with E-state index in [1.165, 1.54) is 6.92 Å². The number of benzene rings is 5. The average molecular weight is 1410 g/mol. The molecule has 1 N–H and O–H groups in total. The van der Waals surface area contributed by atoms with Crippen LogP contribution >= 0.6 is 0 Å². The van der Waals surface area contributed by atoms with Crippen molar-refractivity contribution in [1.29, 1.82) is 0 Å². The molecule has 1 amide bonds. The molecule has 100 heavy (non-hydrogen) atoms. The van der Waals surface area contributed by atoms with Gasteiger partial charge >= 0.3 is 35.8 Å². The van der Waals surface area contributed by atoms with Gasteiger partial charge < -0.3 is 85.8 Å². The van der Waals surface area contributed by atoms with Crippen LogP contribution in [0.5, 0.6) is 0 Å². The summed E-state index contributed by atoms with van der Waals surface area (Å²) in [6, 6.07) is 46.4. The van der Waals surface area contributed by atoms with Gasteiger partial charge in [0.15, 0.2) is 30.9 Å². The molecule has 3 heterocycles. The minimum absolute atomic E-state index is 0.0421. The Morgan fingerprint density at radius 3 is 1.41 bits per heavy atom. The number of hydrogen-bond acceptors (Lipinski definition) is 24. The molecule has 0 aromatic heterocycles. The molecule has 0 saturated carbocycles. The van der Waals surface area contributed by atoms with E-state index in [-0.39, 0.29) is 39.6 Å². The van der Waals surface area contributed by atoms with E-state index in [9.17, 15) is 33.6 Å². The molecule has 0 bridgehead atoms. The first-order chi connectivity index (χ1) is 48.0. The van der Waals surface area contributed by atoms with Crippen LogP contribution in [-0.2, 0) is 147 Å². The van der Waals surface area contributed by atoms with Crippen molar-refractivity contribution < 1.29 is 114 Å². The molecule has 0 radical (unpaired) electrons. The number of rotatable bonds is 35. The first kappa shape index (κ1) is 77.9. The predicted molar refractivity (Wildman–Crippen MR) is 359 cm³/mol. The van der Waals surface area contributed by atoms with Crippen molar-refractivity contribution in [2.45, 2.75) is 204 Å². The van der Waals surface area contributed by atoms with E-state index < -0.39 is 167 Å². The van der Waals surface area contributed by atoms with Crippen LogP contribution in [0.4, 0.5) is 0 Å². The maximum absolute atomic E-state index is 15.0. The highest BCUT2D eigenvalue weighted by Crippen LogP contribution is 2.41. The molecule has 3 saturated heterocycles. The van der Waals surface area contributed by atoms with Crippen LogP contribution in [0.3, 0.4) is 0 Å². The van der Waals surface area contributed by atoms with Gasteiger partial charge in [0.25, 0.3) is 5.79 Å². The summed E-state index contributed by atoms with van der Waals surface area (Å²) in [5, 5.41) is 2.67. The van der Waals surface area contributed by atoms with Crippen molar-refractivity contribution in [3.05, 3.63) is 179 Å². The quantitative estimate of drug-likeness (QED) is 0.0227. The van der Waals surface area contributed by atoms with Gasteiger partial charge in [-0.05, 0) is 33.9 Å². The van der Waals surface area contributed by atoms with Crippen LogP contribution < -0.4 is 5.32 Å². The van der Waals surface area contributed by atoms with Crippen molar-refractivity contribution in [1.82, 2.24) is 5.32 Å². The normalized spacial score (nSPS) is 25.8. The molecule has 0 spiro atoms. The van der Waals surface area contributed by atoms with Crippen LogP contribution in [0.1, 0.15) is 75.8 Å². The highest BCUT2D eigenvalue weighted by molar-refractivity contribution is 6.76. The zero-order valence-corrected chi connectivity index (χ0v) is 59.2. The maximum atomic E-state index is 15.0. The summed E-state index contributed by atoms with van der Waals surface area (Å²) >= 11 is 0. The second-order valence-electron chi connectivity index (χ2n) is 25.7. The molecular weight excluding hydrogens is 1310 g/mol. The molecule has 3 aliphatic rings. The maximum Gasteiger partial charge on any atom is 0.366 e. The van der Waals surface area contributed by atoms with Gasteiger partial charge in [0.05, 0.1) is 65.8 Å². The Bertz CT molecular complexity index is 3370.